The number of hydrogen-bond acceptors (Lipinski definition) is 6. The Bertz CT molecular complexity index is 1170. The highest BCUT2D eigenvalue weighted by Gasteiger charge is 2.20. The van der Waals surface area contributed by atoms with Crippen molar-refractivity contribution in [3.8, 4) is 5.75 Å². The van der Waals surface area contributed by atoms with Gasteiger partial charge in [-0.3, -0.25) is 4.79 Å². The average molecular weight is 393 g/mol. The first kappa shape index (κ1) is 18.2. The predicted octanol–water partition coefficient (Wildman–Crippen LogP) is 3.71. The minimum atomic E-state index is -0.397. The Morgan fingerprint density at radius 2 is 1.89 bits per heavy atom. The number of fused-ring (bicyclic) bond motifs is 3. The number of hydrogen-bond donors (Lipinski definition) is 1. The fourth-order valence-electron chi connectivity index (χ4n) is 2.90. The number of amides is 1. The summed E-state index contributed by atoms with van der Waals surface area (Å²) in [4.78, 5) is 22.0. The second-order valence-corrected chi connectivity index (χ2v) is 7.56. The number of aryl methyl sites for hydroxylation is 1. The van der Waals surface area contributed by atoms with Crippen LogP contribution in [0.1, 0.15) is 12.7 Å². The molecule has 7 nitrogen and oxygen atoms in total. The number of ether oxygens (including phenoxy) is 1. The summed E-state index contributed by atoms with van der Waals surface area (Å²) in [5.74, 6) is 1.13. The summed E-state index contributed by atoms with van der Waals surface area (Å²) in [6.07, 6.45) is 0. The Hall–Kier alpha value is -3.13. The van der Waals surface area contributed by atoms with Crippen LogP contribution in [0.2, 0.25) is 0 Å². The lowest BCUT2D eigenvalue weighted by atomic mass is 10.2. The third-order valence-electron chi connectivity index (χ3n) is 4.27. The first-order chi connectivity index (χ1) is 13.6. The molecule has 0 aliphatic heterocycles. The van der Waals surface area contributed by atoms with Crippen LogP contribution in [0.4, 0.5) is 5.69 Å². The number of rotatable bonds is 5. The SMILES string of the molecule is COc1ccccc1NC(=O)C(C)Sc1nc2ccccc2c2nc(C)nn12. The van der Waals surface area contributed by atoms with Crippen LogP contribution in [0.5, 0.6) is 5.75 Å². The van der Waals surface area contributed by atoms with E-state index in [4.69, 9.17) is 9.72 Å². The molecule has 0 fully saturated rings. The van der Waals surface area contributed by atoms with Gasteiger partial charge >= 0.3 is 0 Å². The maximum Gasteiger partial charge on any atom is 0.237 e. The topological polar surface area (TPSA) is 81.4 Å². The second-order valence-electron chi connectivity index (χ2n) is 6.26. The number of methoxy groups -OCH3 is 1. The molecule has 0 bridgehead atoms. The quantitative estimate of drug-likeness (QED) is 0.411. The molecule has 4 aromatic rings. The highest BCUT2D eigenvalue weighted by Crippen LogP contribution is 2.28. The Balaban J connectivity index is 1.64. The molecule has 1 amide bonds. The van der Waals surface area contributed by atoms with Crippen molar-refractivity contribution in [2.75, 3.05) is 12.4 Å². The van der Waals surface area contributed by atoms with Crippen LogP contribution in [-0.4, -0.2) is 37.8 Å². The van der Waals surface area contributed by atoms with E-state index in [1.54, 1.807) is 23.8 Å². The number of nitrogens with zero attached hydrogens (tertiary/aromatic N) is 4. The third-order valence-corrected chi connectivity index (χ3v) is 5.31. The van der Waals surface area contributed by atoms with E-state index in [9.17, 15) is 4.79 Å². The zero-order valence-electron chi connectivity index (χ0n) is 15.7. The van der Waals surface area contributed by atoms with E-state index in [1.807, 2.05) is 50.2 Å². The van der Waals surface area contributed by atoms with E-state index in [0.717, 1.165) is 16.6 Å². The predicted molar refractivity (Wildman–Crippen MR) is 110 cm³/mol. The number of carbonyl (C=O) groups is 1. The van der Waals surface area contributed by atoms with Crippen molar-refractivity contribution in [1.82, 2.24) is 19.6 Å². The van der Waals surface area contributed by atoms with Crippen LogP contribution < -0.4 is 10.1 Å². The second kappa shape index (κ2) is 7.47. The number of anilines is 1. The van der Waals surface area contributed by atoms with Crippen LogP contribution in [0.25, 0.3) is 16.6 Å². The van der Waals surface area contributed by atoms with Gasteiger partial charge in [0, 0.05) is 5.39 Å². The van der Waals surface area contributed by atoms with Gasteiger partial charge in [-0.1, -0.05) is 36.0 Å². The van der Waals surface area contributed by atoms with Gasteiger partial charge in [-0.25, -0.2) is 9.97 Å². The lowest BCUT2D eigenvalue weighted by Gasteiger charge is -2.14. The zero-order valence-corrected chi connectivity index (χ0v) is 16.5. The molecule has 0 saturated heterocycles. The van der Waals surface area contributed by atoms with E-state index in [2.05, 4.69) is 15.4 Å². The normalized spacial score (nSPS) is 12.2. The highest BCUT2D eigenvalue weighted by atomic mass is 32.2. The molecule has 0 saturated carbocycles. The molecular weight excluding hydrogens is 374 g/mol. The van der Waals surface area contributed by atoms with Gasteiger partial charge < -0.3 is 10.1 Å². The van der Waals surface area contributed by atoms with Gasteiger partial charge in [0.05, 0.1) is 23.6 Å². The van der Waals surface area contributed by atoms with E-state index in [-0.39, 0.29) is 5.91 Å². The molecular formula is C20H19N5O2S. The molecule has 8 heteroatoms. The maximum atomic E-state index is 12.7. The highest BCUT2D eigenvalue weighted by molar-refractivity contribution is 8.00. The minimum Gasteiger partial charge on any atom is -0.495 e. The zero-order chi connectivity index (χ0) is 19.7. The lowest BCUT2D eigenvalue weighted by Crippen LogP contribution is -2.23. The van der Waals surface area contributed by atoms with Gasteiger partial charge in [0.2, 0.25) is 5.91 Å². The van der Waals surface area contributed by atoms with Crippen molar-refractivity contribution in [2.45, 2.75) is 24.3 Å². The molecule has 2 aromatic carbocycles. The number of carbonyl (C=O) groups excluding carboxylic acids is 1. The van der Waals surface area contributed by atoms with Gasteiger partial charge in [-0.05, 0) is 38.1 Å². The van der Waals surface area contributed by atoms with Gasteiger partial charge in [0.25, 0.3) is 0 Å². The summed E-state index contributed by atoms with van der Waals surface area (Å²) >= 11 is 1.34. The maximum absolute atomic E-state index is 12.7. The molecule has 0 aliphatic rings. The van der Waals surface area contributed by atoms with Crippen molar-refractivity contribution >= 4 is 39.9 Å². The summed E-state index contributed by atoms with van der Waals surface area (Å²) in [7, 11) is 1.58. The van der Waals surface area contributed by atoms with Crippen molar-refractivity contribution in [1.29, 1.82) is 0 Å². The average Bonchev–Trinajstić information content (AvgIpc) is 3.10. The van der Waals surface area contributed by atoms with E-state index in [1.165, 1.54) is 11.8 Å². The number of benzene rings is 2. The van der Waals surface area contributed by atoms with Gasteiger partial charge in [-0.2, -0.15) is 4.52 Å². The fourth-order valence-corrected chi connectivity index (χ4v) is 3.76. The van der Waals surface area contributed by atoms with Crippen molar-refractivity contribution in [3.05, 3.63) is 54.4 Å². The van der Waals surface area contributed by atoms with Crippen molar-refractivity contribution in [3.63, 3.8) is 0 Å². The monoisotopic (exact) mass is 393 g/mol. The lowest BCUT2D eigenvalue weighted by molar-refractivity contribution is -0.115. The smallest absolute Gasteiger partial charge is 0.237 e. The number of para-hydroxylation sites is 3. The standard InChI is InChI=1S/C20H19N5O2S/c1-12(19(26)22-16-10-6-7-11-17(16)27-3)28-20-23-15-9-5-4-8-14(15)18-21-13(2)24-25(18)20/h4-12H,1-3H3,(H,22,26). The van der Waals surface area contributed by atoms with E-state index < -0.39 is 5.25 Å². The van der Waals surface area contributed by atoms with Crippen molar-refractivity contribution < 1.29 is 9.53 Å². The number of aromatic nitrogens is 4. The summed E-state index contributed by atoms with van der Waals surface area (Å²) in [5.41, 5.74) is 2.20. The van der Waals surface area contributed by atoms with Gasteiger partial charge in [0.15, 0.2) is 10.8 Å². The Morgan fingerprint density at radius 3 is 2.71 bits per heavy atom. The molecule has 0 spiro atoms. The van der Waals surface area contributed by atoms with Gasteiger partial charge in [0.1, 0.15) is 11.6 Å². The van der Waals surface area contributed by atoms with Crippen LogP contribution in [0, 0.1) is 6.92 Å². The molecule has 1 atom stereocenters. The van der Waals surface area contributed by atoms with Gasteiger partial charge in [-0.15, -0.1) is 5.10 Å². The van der Waals surface area contributed by atoms with Crippen molar-refractivity contribution in [2.24, 2.45) is 0 Å². The van der Waals surface area contributed by atoms with Crippen LogP contribution in [0.3, 0.4) is 0 Å². The van der Waals surface area contributed by atoms with Crippen LogP contribution in [0.15, 0.2) is 53.7 Å². The molecule has 2 heterocycles. The molecule has 142 valence electrons. The fraction of sp³-hybridized carbons (Fsp3) is 0.200. The number of thioether (sulfide) groups is 1. The van der Waals surface area contributed by atoms with Crippen LogP contribution in [-0.2, 0) is 4.79 Å². The molecule has 0 aliphatic carbocycles. The Kier molecular flexibility index (Phi) is 4.87. The molecule has 1 unspecified atom stereocenters. The summed E-state index contributed by atoms with van der Waals surface area (Å²) in [6.45, 7) is 3.68. The third kappa shape index (κ3) is 3.38. The van der Waals surface area contributed by atoms with E-state index >= 15 is 0 Å². The Morgan fingerprint density at radius 1 is 1.14 bits per heavy atom. The van der Waals surface area contributed by atoms with E-state index in [0.29, 0.717) is 22.4 Å². The molecule has 1 N–H and O–H groups in total. The molecule has 28 heavy (non-hydrogen) atoms. The summed E-state index contributed by atoms with van der Waals surface area (Å²) in [5, 5.41) is 8.53. The number of nitrogens with one attached hydrogen (secondary N) is 1. The first-order valence-electron chi connectivity index (χ1n) is 8.79. The van der Waals surface area contributed by atoms with Crippen LogP contribution >= 0.6 is 11.8 Å². The first-order valence-corrected chi connectivity index (χ1v) is 9.67. The Labute approximate surface area is 166 Å². The molecule has 0 radical (unpaired) electrons. The molecule has 2 aromatic heterocycles. The summed E-state index contributed by atoms with van der Waals surface area (Å²) < 4.78 is 7.00. The minimum absolute atomic E-state index is 0.144. The largest absolute Gasteiger partial charge is 0.495 e. The molecule has 4 rings (SSSR count). The summed E-state index contributed by atoms with van der Waals surface area (Å²) in [6, 6.07) is 15.1.